The van der Waals surface area contributed by atoms with E-state index in [1.165, 1.54) is 36.5 Å². The summed E-state index contributed by atoms with van der Waals surface area (Å²) in [4.78, 5) is 36.3. The van der Waals surface area contributed by atoms with Crippen LogP contribution >= 0.6 is 11.6 Å². The molecule has 2 amide bonds. The maximum absolute atomic E-state index is 14.7. The third kappa shape index (κ3) is 5.24. The molecule has 0 unspecified atom stereocenters. The predicted octanol–water partition coefficient (Wildman–Crippen LogP) is 6.87. The summed E-state index contributed by atoms with van der Waals surface area (Å²) in [5, 5.41) is 3.97. The van der Waals surface area contributed by atoms with Crippen LogP contribution in [0.4, 0.5) is 39.5 Å². The lowest BCUT2D eigenvalue weighted by atomic mass is 10.0. The van der Waals surface area contributed by atoms with Gasteiger partial charge in [-0.25, -0.2) is 9.18 Å². The van der Waals surface area contributed by atoms with Gasteiger partial charge in [0.1, 0.15) is 11.3 Å². The maximum atomic E-state index is 14.7. The van der Waals surface area contributed by atoms with E-state index in [-0.39, 0.29) is 28.3 Å². The van der Waals surface area contributed by atoms with Crippen LogP contribution in [0, 0.1) is 12.4 Å². The van der Waals surface area contributed by atoms with Crippen molar-refractivity contribution >= 4 is 51.6 Å². The average molecular weight is 514 g/mol. The average Bonchev–Trinajstić information content (AvgIpc) is 2.83. The van der Waals surface area contributed by atoms with E-state index in [2.05, 4.69) is 25.4 Å². The molecule has 2 N–H and O–H groups in total. The molecule has 0 saturated carbocycles. The van der Waals surface area contributed by atoms with Gasteiger partial charge in [-0.15, -0.1) is 4.98 Å². The van der Waals surface area contributed by atoms with E-state index in [0.29, 0.717) is 17.1 Å². The van der Waals surface area contributed by atoms with E-state index in [0.717, 1.165) is 18.2 Å². The highest BCUT2D eigenvalue weighted by molar-refractivity contribution is 6.31. The number of fused-ring (bicyclic) bond motifs is 1. The minimum absolute atomic E-state index is 0.0419. The zero-order chi connectivity index (χ0) is 26.0. The van der Waals surface area contributed by atoms with Gasteiger partial charge in [0.15, 0.2) is 11.3 Å². The predicted molar refractivity (Wildman–Crippen MR) is 125 cm³/mol. The van der Waals surface area contributed by atoms with Crippen LogP contribution in [0.5, 0.6) is 0 Å². The Hall–Kier alpha value is -4.56. The summed E-state index contributed by atoms with van der Waals surface area (Å²) in [5.74, 6) is -1.56. The first-order valence-electron chi connectivity index (χ1n) is 9.98. The highest BCUT2D eigenvalue weighted by atomic mass is 35.5. The van der Waals surface area contributed by atoms with Crippen molar-refractivity contribution < 1.29 is 27.2 Å². The Morgan fingerprint density at radius 1 is 0.944 bits per heavy atom. The molecular weight excluding hydrogens is 502 g/mol. The van der Waals surface area contributed by atoms with Gasteiger partial charge in [0.05, 0.1) is 22.3 Å². The molecule has 0 radical (unpaired) electrons. The van der Waals surface area contributed by atoms with Crippen LogP contribution in [0.25, 0.3) is 15.9 Å². The summed E-state index contributed by atoms with van der Waals surface area (Å²) in [7, 11) is 0. The molecule has 0 aliphatic heterocycles. The number of carbonyl (C=O) groups excluding carboxylic acids is 2. The first-order valence-corrected chi connectivity index (χ1v) is 10.4. The van der Waals surface area contributed by atoms with E-state index < -0.39 is 34.4 Å². The molecule has 0 spiro atoms. The topological polar surface area (TPSA) is 88.3 Å². The number of nitrogens with zero attached hydrogens (tertiary/aromatic N) is 3. The summed E-state index contributed by atoms with van der Waals surface area (Å²) in [5.41, 5.74) is -0.786. The number of hydrogen-bond donors (Lipinski definition) is 2. The van der Waals surface area contributed by atoms with Crippen LogP contribution < -0.4 is 10.6 Å². The number of benzene rings is 3. The summed E-state index contributed by atoms with van der Waals surface area (Å²) >= 11 is 5.56. The molecular formula is C24H12ClF4N5O2. The molecule has 12 heteroatoms. The Labute approximate surface area is 205 Å². The van der Waals surface area contributed by atoms with Gasteiger partial charge in [-0.1, -0.05) is 18.2 Å². The number of anilines is 2. The molecule has 0 aliphatic carbocycles. The van der Waals surface area contributed by atoms with Crippen LogP contribution in [-0.4, -0.2) is 21.8 Å². The van der Waals surface area contributed by atoms with E-state index in [9.17, 15) is 27.2 Å². The van der Waals surface area contributed by atoms with E-state index >= 15 is 0 Å². The number of rotatable bonds is 4. The van der Waals surface area contributed by atoms with Crippen LogP contribution in [-0.2, 0) is 6.18 Å². The number of ketones is 1. The van der Waals surface area contributed by atoms with Gasteiger partial charge >= 0.3 is 12.2 Å². The van der Waals surface area contributed by atoms with Crippen LogP contribution in [0.15, 0.2) is 60.8 Å². The third-order valence-corrected chi connectivity index (χ3v) is 5.24. The number of alkyl halides is 3. The van der Waals surface area contributed by atoms with Gasteiger partial charge in [-0.05, 0) is 48.5 Å². The largest absolute Gasteiger partial charge is 0.417 e. The first kappa shape index (κ1) is 24.6. The fourth-order valence-electron chi connectivity index (χ4n) is 3.24. The number of nitrogens with one attached hydrogen (secondary N) is 2. The van der Waals surface area contributed by atoms with Crippen LogP contribution in [0.2, 0.25) is 5.02 Å². The van der Waals surface area contributed by atoms with Gasteiger partial charge in [-0.2, -0.15) is 13.2 Å². The number of carbonyl (C=O) groups is 2. The van der Waals surface area contributed by atoms with Crippen molar-refractivity contribution in [2.24, 2.45) is 0 Å². The fourth-order valence-corrected chi connectivity index (χ4v) is 3.47. The molecule has 36 heavy (non-hydrogen) atoms. The standard InChI is InChI=1S/C24H12ClF4N5O2/c1-30-21-11-31-19-7-2-12(8-20(19)34-21)22(35)15-5-3-14(10-18(15)26)33-23(36)32-13-4-6-17(25)16(9-13)24(27,28)29/h2-11H,(H2,32,33,36). The zero-order valence-corrected chi connectivity index (χ0v) is 18.6. The number of hydrogen-bond acceptors (Lipinski definition) is 4. The number of halogens is 5. The quantitative estimate of drug-likeness (QED) is 0.177. The maximum Gasteiger partial charge on any atom is 0.417 e. The Morgan fingerprint density at radius 2 is 1.64 bits per heavy atom. The second kappa shape index (κ2) is 9.59. The molecule has 0 saturated heterocycles. The molecule has 1 aromatic heterocycles. The minimum Gasteiger partial charge on any atom is -0.359 e. The van der Waals surface area contributed by atoms with Gasteiger partial charge in [0.2, 0.25) is 0 Å². The van der Waals surface area contributed by atoms with Crippen molar-refractivity contribution in [3.8, 4) is 0 Å². The van der Waals surface area contributed by atoms with Gasteiger partial charge in [0, 0.05) is 23.0 Å². The van der Waals surface area contributed by atoms with Gasteiger partial charge < -0.3 is 15.5 Å². The third-order valence-electron chi connectivity index (χ3n) is 4.91. The molecule has 7 nitrogen and oxygen atoms in total. The second-order valence-electron chi connectivity index (χ2n) is 7.34. The molecule has 3 aromatic carbocycles. The number of urea groups is 1. The van der Waals surface area contributed by atoms with E-state index in [1.54, 1.807) is 0 Å². The van der Waals surface area contributed by atoms with Crippen molar-refractivity contribution in [2.45, 2.75) is 6.18 Å². The summed E-state index contributed by atoms with van der Waals surface area (Å²) in [6.07, 6.45) is -3.42. The Kier molecular flexibility index (Phi) is 6.55. The van der Waals surface area contributed by atoms with E-state index in [1.807, 2.05) is 0 Å². The fraction of sp³-hybridized carbons (Fsp3) is 0.0417. The summed E-state index contributed by atoms with van der Waals surface area (Å²) < 4.78 is 53.7. The molecule has 4 aromatic rings. The SMILES string of the molecule is [C-]#[N+]c1cnc2ccc(C(=O)c3ccc(NC(=O)Nc4ccc(Cl)c(C(F)(F)F)c4)cc3F)cc2n1. The smallest absolute Gasteiger partial charge is 0.359 e. The highest BCUT2D eigenvalue weighted by Crippen LogP contribution is 2.36. The molecule has 180 valence electrons. The molecule has 0 aliphatic rings. The van der Waals surface area contributed by atoms with Crippen molar-refractivity contribution in [1.82, 2.24) is 9.97 Å². The lowest BCUT2D eigenvalue weighted by Gasteiger charge is -2.12. The van der Waals surface area contributed by atoms with E-state index in [4.69, 9.17) is 18.2 Å². The van der Waals surface area contributed by atoms with Gasteiger partial charge in [-0.3, -0.25) is 9.78 Å². The van der Waals surface area contributed by atoms with Crippen LogP contribution in [0.3, 0.4) is 0 Å². The van der Waals surface area contributed by atoms with Crippen LogP contribution in [0.1, 0.15) is 21.5 Å². The van der Waals surface area contributed by atoms with Crippen molar-refractivity contribution in [3.63, 3.8) is 0 Å². The molecule has 0 atom stereocenters. The van der Waals surface area contributed by atoms with Crippen molar-refractivity contribution in [3.05, 3.63) is 99.7 Å². The summed E-state index contributed by atoms with van der Waals surface area (Å²) in [6.45, 7) is 7.01. The number of amides is 2. The van der Waals surface area contributed by atoms with Crippen molar-refractivity contribution in [1.29, 1.82) is 0 Å². The molecule has 1 heterocycles. The Balaban J connectivity index is 1.50. The normalized spacial score (nSPS) is 11.1. The Bertz CT molecular complexity index is 1570. The first-order chi connectivity index (χ1) is 17.0. The highest BCUT2D eigenvalue weighted by Gasteiger charge is 2.33. The number of aromatic nitrogens is 2. The lowest BCUT2D eigenvalue weighted by Crippen LogP contribution is -2.20. The summed E-state index contributed by atoms with van der Waals surface area (Å²) in [6, 6.07) is 9.55. The lowest BCUT2D eigenvalue weighted by molar-refractivity contribution is -0.137. The monoisotopic (exact) mass is 513 g/mol. The van der Waals surface area contributed by atoms with Crippen molar-refractivity contribution in [2.75, 3.05) is 10.6 Å². The molecule has 4 rings (SSSR count). The minimum atomic E-state index is -4.71. The molecule has 0 bridgehead atoms. The van der Waals surface area contributed by atoms with Gasteiger partial charge in [0.25, 0.3) is 5.82 Å². The molecule has 0 fully saturated rings. The Morgan fingerprint density at radius 3 is 2.31 bits per heavy atom. The second-order valence-corrected chi connectivity index (χ2v) is 7.75. The zero-order valence-electron chi connectivity index (χ0n) is 17.8.